The van der Waals surface area contributed by atoms with Gasteiger partial charge < -0.3 is 0 Å². The van der Waals surface area contributed by atoms with Gasteiger partial charge in [0.05, 0.1) is 10.6 Å². The average molecular weight is 283 g/mol. The first kappa shape index (κ1) is 13.0. The number of rotatable bonds is 2. The highest BCUT2D eigenvalue weighted by Gasteiger charge is 2.16. The van der Waals surface area contributed by atoms with Gasteiger partial charge in [0.25, 0.3) is 0 Å². The standard InChI is InChI=1S/C12H11ClN2O2S/c1-8-10(7-14-12(13)15-8)9-5-3-4-6-11(9)18(2,16)17/h3-7H,1-2H3. The van der Waals surface area contributed by atoms with Gasteiger partial charge in [0, 0.05) is 23.6 Å². The lowest BCUT2D eigenvalue weighted by Crippen LogP contribution is -2.01. The second-order valence-electron chi connectivity index (χ2n) is 3.91. The number of aryl methyl sites for hydroxylation is 1. The van der Waals surface area contributed by atoms with Gasteiger partial charge in [-0.2, -0.15) is 0 Å². The second kappa shape index (κ2) is 4.66. The maximum absolute atomic E-state index is 11.7. The molecule has 0 unspecified atom stereocenters. The van der Waals surface area contributed by atoms with Crippen LogP contribution in [0.4, 0.5) is 0 Å². The van der Waals surface area contributed by atoms with E-state index in [1.54, 1.807) is 31.2 Å². The van der Waals surface area contributed by atoms with Gasteiger partial charge in [-0.05, 0) is 24.6 Å². The van der Waals surface area contributed by atoms with Crippen molar-refractivity contribution in [2.45, 2.75) is 11.8 Å². The summed E-state index contributed by atoms with van der Waals surface area (Å²) in [5, 5.41) is 0.146. The van der Waals surface area contributed by atoms with E-state index in [-0.39, 0.29) is 10.2 Å². The number of hydrogen-bond acceptors (Lipinski definition) is 4. The molecule has 1 aromatic carbocycles. The third-order valence-corrected chi connectivity index (χ3v) is 3.86. The molecule has 0 aliphatic carbocycles. The topological polar surface area (TPSA) is 59.9 Å². The molecule has 0 saturated heterocycles. The van der Waals surface area contributed by atoms with E-state index in [2.05, 4.69) is 9.97 Å². The predicted octanol–water partition coefficient (Wildman–Crippen LogP) is 2.51. The first-order chi connectivity index (χ1) is 8.39. The fraction of sp³-hybridized carbons (Fsp3) is 0.167. The Morgan fingerprint density at radius 3 is 2.44 bits per heavy atom. The molecule has 2 aromatic rings. The lowest BCUT2D eigenvalue weighted by Gasteiger charge is -2.09. The second-order valence-corrected chi connectivity index (χ2v) is 6.23. The molecule has 6 heteroatoms. The first-order valence-electron chi connectivity index (χ1n) is 5.18. The van der Waals surface area contributed by atoms with Gasteiger partial charge in [0.2, 0.25) is 5.28 Å². The van der Waals surface area contributed by atoms with Crippen LogP contribution in [0.5, 0.6) is 0 Å². The van der Waals surface area contributed by atoms with Gasteiger partial charge in [-0.3, -0.25) is 0 Å². The van der Waals surface area contributed by atoms with Crippen molar-refractivity contribution in [3.8, 4) is 11.1 Å². The summed E-state index contributed by atoms with van der Waals surface area (Å²) in [6.45, 7) is 1.77. The van der Waals surface area contributed by atoms with E-state index in [4.69, 9.17) is 11.6 Å². The van der Waals surface area contributed by atoms with Crippen LogP contribution in [-0.2, 0) is 9.84 Å². The van der Waals surface area contributed by atoms with Crippen LogP contribution in [0.15, 0.2) is 35.4 Å². The van der Waals surface area contributed by atoms with E-state index < -0.39 is 9.84 Å². The molecule has 0 amide bonds. The molecule has 2 rings (SSSR count). The van der Waals surface area contributed by atoms with Gasteiger partial charge in [-0.25, -0.2) is 18.4 Å². The summed E-state index contributed by atoms with van der Waals surface area (Å²) in [4.78, 5) is 8.19. The molecule has 0 aliphatic rings. The van der Waals surface area contributed by atoms with Crippen molar-refractivity contribution in [3.05, 3.63) is 41.4 Å². The molecule has 94 valence electrons. The lowest BCUT2D eigenvalue weighted by molar-refractivity contribution is 0.602. The zero-order chi connectivity index (χ0) is 13.3. The fourth-order valence-electron chi connectivity index (χ4n) is 1.72. The molecule has 0 aliphatic heterocycles. The normalized spacial score (nSPS) is 11.5. The number of sulfone groups is 1. The Morgan fingerprint density at radius 1 is 1.17 bits per heavy atom. The molecule has 0 spiro atoms. The summed E-state index contributed by atoms with van der Waals surface area (Å²) in [6.07, 6.45) is 2.71. The summed E-state index contributed by atoms with van der Waals surface area (Å²) in [7, 11) is -3.30. The Morgan fingerprint density at radius 2 is 1.83 bits per heavy atom. The van der Waals surface area contributed by atoms with Gasteiger partial charge in [-0.1, -0.05) is 18.2 Å². The Labute approximate surface area is 111 Å². The van der Waals surface area contributed by atoms with Crippen LogP contribution in [0.1, 0.15) is 5.69 Å². The van der Waals surface area contributed by atoms with Crippen LogP contribution in [0.2, 0.25) is 5.28 Å². The molecule has 0 radical (unpaired) electrons. The number of nitrogens with zero attached hydrogens (tertiary/aromatic N) is 2. The Hall–Kier alpha value is -1.46. The third-order valence-electron chi connectivity index (χ3n) is 2.53. The summed E-state index contributed by atoms with van der Waals surface area (Å²) in [5.41, 5.74) is 1.90. The Bertz CT molecular complexity index is 699. The molecule has 4 nitrogen and oxygen atoms in total. The van der Waals surface area contributed by atoms with Crippen LogP contribution < -0.4 is 0 Å². The maximum atomic E-state index is 11.7. The summed E-state index contributed by atoms with van der Waals surface area (Å²) in [5.74, 6) is 0. The van der Waals surface area contributed by atoms with Crippen molar-refractivity contribution in [1.29, 1.82) is 0 Å². The van der Waals surface area contributed by atoms with Crippen molar-refractivity contribution < 1.29 is 8.42 Å². The molecule has 1 heterocycles. The summed E-state index contributed by atoms with van der Waals surface area (Å²) >= 11 is 5.69. The highest BCUT2D eigenvalue weighted by atomic mass is 35.5. The molecule has 0 atom stereocenters. The van der Waals surface area contributed by atoms with Crippen LogP contribution in [0, 0.1) is 6.92 Å². The molecular weight excluding hydrogens is 272 g/mol. The van der Waals surface area contributed by atoms with Gasteiger partial charge in [0.1, 0.15) is 0 Å². The van der Waals surface area contributed by atoms with E-state index in [1.165, 1.54) is 12.5 Å². The van der Waals surface area contributed by atoms with E-state index in [9.17, 15) is 8.42 Å². The summed E-state index contributed by atoms with van der Waals surface area (Å²) < 4.78 is 23.5. The zero-order valence-corrected chi connectivity index (χ0v) is 11.5. The lowest BCUT2D eigenvalue weighted by atomic mass is 10.1. The fourth-order valence-corrected chi connectivity index (χ4v) is 2.79. The molecule has 0 N–H and O–H groups in total. The minimum absolute atomic E-state index is 0.146. The maximum Gasteiger partial charge on any atom is 0.222 e. The molecular formula is C12H11ClN2O2S. The average Bonchev–Trinajstić information content (AvgIpc) is 2.28. The van der Waals surface area contributed by atoms with Crippen LogP contribution in [0.25, 0.3) is 11.1 Å². The van der Waals surface area contributed by atoms with Gasteiger partial charge in [-0.15, -0.1) is 0 Å². The third kappa shape index (κ3) is 2.52. The molecule has 0 bridgehead atoms. The molecule has 18 heavy (non-hydrogen) atoms. The number of hydrogen-bond donors (Lipinski definition) is 0. The first-order valence-corrected chi connectivity index (χ1v) is 7.45. The number of benzene rings is 1. The van der Waals surface area contributed by atoms with Gasteiger partial charge >= 0.3 is 0 Å². The Balaban J connectivity index is 2.72. The highest BCUT2D eigenvalue weighted by molar-refractivity contribution is 7.90. The van der Waals surface area contributed by atoms with E-state index in [0.29, 0.717) is 16.8 Å². The Kier molecular flexibility index (Phi) is 3.36. The van der Waals surface area contributed by atoms with Crippen molar-refractivity contribution in [2.24, 2.45) is 0 Å². The predicted molar refractivity (Wildman–Crippen MR) is 70.3 cm³/mol. The van der Waals surface area contributed by atoms with Crippen molar-refractivity contribution in [2.75, 3.05) is 6.26 Å². The number of halogens is 1. The molecule has 0 saturated carbocycles. The summed E-state index contributed by atoms with van der Waals surface area (Å²) in [6, 6.07) is 6.76. The SMILES string of the molecule is Cc1nc(Cl)ncc1-c1ccccc1S(C)(=O)=O. The molecule has 1 aromatic heterocycles. The van der Waals surface area contributed by atoms with Gasteiger partial charge in [0.15, 0.2) is 9.84 Å². The minimum atomic E-state index is -3.30. The van der Waals surface area contributed by atoms with Crippen molar-refractivity contribution in [1.82, 2.24) is 9.97 Å². The molecule has 0 fully saturated rings. The number of aromatic nitrogens is 2. The minimum Gasteiger partial charge on any atom is -0.226 e. The van der Waals surface area contributed by atoms with Crippen LogP contribution in [-0.4, -0.2) is 24.6 Å². The quantitative estimate of drug-likeness (QED) is 0.794. The monoisotopic (exact) mass is 282 g/mol. The van der Waals surface area contributed by atoms with E-state index in [1.807, 2.05) is 0 Å². The zero-order valence-electron chi connectivity index (χ0n) is 9.88. The van der Waals surface area contributed by atoms with Crippen molar-refractivity contribution in [3.63, 3.8) is 0 Å². The van der Waals surface area contributed by atoms with Crippen LogP contribution >= 0.6 is 11.6 Å². The highest BCUT2D eigenvalue weighted by Crippen LogP contribution is 2.28. The van der Waals surface area contributed by atoms with Crippen molar-refractivity contribution >= 4 is 21.4 Å². The van der Waals surface area contributed by atoms with E-state index in [0.717, 1.165) is 0 Å². The van der Waals surface area contributed by atoms with E-state index >= 15 is 0 Å². The smallest absolute Gasteiger partial charge is 0.222 e. The largest absolute Gasteiger partial charge is 0.226 e. The van der Waals surface area contributed by atoms with Crippen LogP contribution in [0.3, 0.4) is 0 Å².